The van der Waals surface area contributed by atoms with E-state index in [-0.39, 0.29) is 18.6 Å². The number of amides is 1. The molecule has 1 saturated carbocycles. The summed E-state index contributed by atoms with van der Waals surface area (Å²) in [5, 5.41) is 9.15. The number of rotatable bonds is 4. The van der Waals surface area contributed by atoms with Gasteiger partial charge in [-0.25, -0.2) is 0 Å². The highest BCUT2D eigenvalue weighted by molar-refractivity contribution is 5.95. The molecule has 0 radical (unpaired) electrons. The third-order valence-corrected chi connectivity index (χ3v) is 3.91. The maximum atomic E-state index is 12.6. The third-order valence-electron chi connectivity index (χ3n) is 3.91. The second-order valence-electron chi connectivity index (χ2n) is 5.17. The number of hydrogen-bond acceptors (Lipinski definition) is 4. The molecule has 1 heterocycles. The van der Waals surface area contributed by atoms with Crippen LogP contribution < -0.4 is 9.47 Å². The van der Waals surface area contributed by atoms with Gasteiger partial charge in [-0.1, -0.05) is 0 Å². The molecule has 2 aliphatic rings. The zero-order chi connectivity index (χ0) is 13.9. The second-order valence-corrected chi connectivity index (χ2v) is 5.17. The van der Waals surface area contributed by atoms with E-state index in [1.165, 1.54) is 0 Å². The van der Waals surface area contributed by atoms with E-state index in [1.807, 2.05) is 0 Å². The van der Waals surface area contributed by atoms with E-state index in [9.17, 15) is 4.79 Å². The predicted octanol–water partition coefficient (Wildman–Crippen LogP) is 1.44. The van der Waals surface area contributed by atoms with Crippen molar-refractivity contribution in [1.29, 1.82) is 0 Å². The van der Waals surface area contributed by atoms with E-state index >= 15 is 0 Å². The number of nitrogens with zero attached hydrogens (tertiary/aromatic N) is 1. The van der Waals surface area contributed by atoms with E-state index < -0.39 is 0 Å². The molecule has 0 saturated heterocycles. The minimum Gasteiger partial charge on any atom is -0.486 e. The number of aliphatic hydroxyl groups is 1. The van der Waals surface area contributed by atoms with Crippen molar-refractivity contribution in [3.63, 3.8) is 0 Å². The van der Waals surface area contributed by atoms with Gasteiger partial charge >= 0.3 is 0 Å². The molecule has 0 unspecified atom stereocenters. The molecule has 0 bridgehead atoms. The van der Waals surface area contributed by atoms with E-state index in [2.05, 4.69) is 0 Å². The Bertz CT molecular complexity index is 499. The lowest BCUT2D eigenvalue weighted by atomic mass is 9.91. The highest BCUT2D eigenvalue weighted by Gasteiger charge is 2.29. The maximum Gasteiger partial charge on any atom is 0.254 e. The first-order chi connectivity index (χ1) is 9.79. The minimum absolute atomic E-state index is 0.00715. The largest absolute Gasteiger partial charge is 0.486 e. The molecular formula is C15H19NO4. The van der Waals surface area contributed by atoms with Gasteiger partial charge in [0.2, 0.25) is 0 Å². The van der Waals surface area contributed by atoms with Crippen molar-refractivity contribution in [2.24, 2.45) is 0 Å². The number of hydrogen-bond donors (Lipinski definition) is 1. The summed E-state index contributed by atoms with van der Waals surface area (Å²) in [5.74, 6) is 1.27. The first kappa shape index (κ1) is 13.2. The zero-order valence-electron chi connectivity index (χ0n) is 11.4. The number of carbonyl (C=O) groups excluding carboxylic acids is 1. The fourth-order valence-corrected chi connectivity index (χ4v) is 2.60. The average molecular weight is 277 g/mol. The molecule has 1 aromatic carbocycles. The van der Waals surface area contributed by atoms with Crippen LogP contribution in [-0.2, 0) is 0 Å². The van der Waals surface area contributed by atoms with Crippen molar-refractivity contribution in [2.75, 3.05) is 26.4 Å². The van der Waals surface area contributed by atoms with Crippen LogP contribution in [0.2, 0.25) is 0 Å². The summed E-state index contributed by atoms with van der Waals surface area (Å²) in [5.41, 5.74) is 0.592. The molecule has 1 aliphatic carbocycles. The number of benzene rings is 1. The average Bonchev–Trinajstić information content (AvgIpc) is 2.43. The Balaban J connectivity index is 1.81. The monoisotopic (exact) mass is 277 g/mol. The molecule has 0 aromatic heterocycles. The summed E-state index contributed by atoms with van der Waals surface area (Å²) in [6.07, 6.45) is 3.20. The first-order valence-corrected chi connectivity index (χ1v) is 7.11. The van der Waals surface area contributed by atoms with Crippen molar-refractivity contribution < 1.29 is 19.4 Å². The molecule has 1 amide bonds. The van der Waals surface area contributed by atoms with Gasteiger partial charge in [0.05, 0.1) is 6.61 Å². The van der Waals surface area contributed by atoms with Crippen LogP contribution in [0.1, 0.15) is 29.6 Å². The van der Waals surface area contributed by atoms with Crippen LogP contribution >= 0.6 is 0 Å². The van der Waals surface area contributed by atoms with Crippen LogP contribution in [0.15, 0.2) is 18.2 Å². The fraction of sp³-hybridized carbons (Fsp3) is 0.533. The molecule has 5 nitrogen and oxygen atoms in total. The lowest BCUT2D eigenvalue weighted by molar-refractivity contribution is 0.0525. The summed E-state index contributed by atoms with van der Waals surface area (Å²) in [7, 11) is 0. The summed E-state index contributed by atoms with van der Waals surface area (Å²) in [4.78, 5) is 14.3. The van der Waals surface area contributed by atoms with Crippen LogP contribution in [0.5, 0.6) is 11.5 Å². The molecule has 0 atom stereocenters. The van der Waals surface area contributed by atoms with Crippen LogP contribution in [0.3, 0.4) is 0 Å². The Kier molecular flexibility index (Phi) is 3.78. The SMILES string of the molecule is O=C(c1ccc2c(c1)OCCO2)N(CCO)C1CCC1. The minimum atomic E-state index is -0.0410. The van der Waals surface area contributed by atoms with Gasteiger partial charge in [0.1, 0.15) is 13.2 Å². The van der Waals surface area contributed by atoms with Gasteiger partial charge in [-0.2, -0.15) is 0 Å². The van der Waals surface area contributed by atoms with Crippen LogP contribution in [0.25, 0.3) is 0 Å². The fourth-order valence-electron chi connectivity index (χ4n) is 2.60. The van der Waals surface area contributed by atoms with Gasteiger partial charge in [0.25, 0.3) is 5.91 Å². The Morgan fingerprint density at radius 3 is 2.65 bits per heavy atom. The van der Waals surface area contributed by atoms with Crippen LogP contribution in [0, 0.1) is 0 Å². The summed E-state index contributed by atoms with van der Waals surface area (Å²) in [6, 6.07) is 5.54. The Morgan fingerprint density at radius 1 is 1.25 bits per heavy atom. The molecule has 1 N–H and O–H groups in total. The quantitative estimate of drug-likeness (QED) is 0.905. The molecule has 3 rings (SSSR count). The Morgan fingerprint density at radius 2 is 2.00 bits per heavy atom. The van der Waals surface area contributed by atoms with E-state index in [1.54, 1.807) is 23.1 Å². The first-order valence-electron chi connectivity index (χ1n) is 7.11. The zero-order valence-corrected chi connectivity index (χ0v) is 11.4. The standard InChI is InChI=1S/C15H19NO4/c17-7-6-16(12-2-1-3-12)15(18)11-4-5-13-14(10-11)20-9-8-19-13/h4-5,10,12,17H,1-3,6-9H2. The van der Waals surface area contributed by atoms with Crippen LogP contribution in [-0.4, -0.2) is 48.3 Å². The van der Waals surface area contributed by atoms with Gasteiger partial charge in [-0.3, -0.25) is 4.79 Å². The summed E-state index contributed by atoms with van der Waals surface area (Å²) in [6.45, 7) is 1.43. The lowest BCUT2D eigenvalue weighted by Gasteiger charge is -2.37. The molecule has 1 aliphatic heterocycles. The summed E-state index contributed by atoms with van der Waals surface area (Å²) >= 11 is 0. The molecule has 1 aromatic rings. The molecule has 108 valence electrons. The van der Waals surface area contributed by atoms with Crippen molar-refractivity contribution in [3.8, 4) is 11.5 Å². The Hall–Kier alpha value is -1.75. The van der Waals surface area contributed by atoms with E-state index in [0.717, 1.165) is 19.3 Å². The molecular weight excluding hydrogens is 258 g/mol. The highest BCUT2D eigenvalue weighted by atomic mass is 16.6. The number of carbonyl (C=O) groups is 1. The van der Waals surface area contributed by atoms with Crippen molar-refractivity contribution in [1.82, 2.24) is 4.90 Å². The van der Waals surface area contributed by atoms with Gasteiger partial charge in [-0.15, -0.1) is 0 Å². The predicted molar refractivity (Wildman–Crippen MR) is 73.2 cm³/mol. The molecule has 5 heteroatoms. The van der Waals surface area contributed by atoms with Gasteiger partial charge < -0.3 is 19.5 Å². The number of aliphatic hydroxyl groups excluding tert-OH is 1. The third kappa shape index (κ3) is 2.45. The van der Waals surface area contributed by atoms with Crippen molar-refractivity contribution in [2.45, 2.75) is 25.3 Å². The van der Waals surface area contributed by atoms with Gasteiger partial charge in [0.15, 0.2) is 11.5 Å². The summed E-state index contributed by atoms with van der Waals surface area (Å²) < 4.78 is 11.0. The molecule has 1 fully saturated rings. The number of ether oxygens (including phenoxy) is 2. The van der Waals surface area contributed by atoms with E-state index in [4.69, 9.17) is 14.6 Å². The topological polar surface area (TPSA) is 59.0 Å². The van der Waals surface area contributed by atoms with Crippen LogP contribution in [0.4, 0.5) is 0 Å². The highest BCUT2D eigenvalue weighted by Crippen LogP contribution is 2.32. The van der Waals surface area contributed by atoms with E-state index in [0.29, 0.717) is 36.8 Å². The maximum absolute atomic E-state index is 12.6. The van der Waals surface area contributed by atoms with Crippen molar-refractivity contribution in [3.05, 3.63) is 23.8 Å². The number of fused-ring (bicyclic) bond motifs is 1. The Labute approximate surface area is 118 Å². The van der Waals surface area contributed by atoms with Gasteiger partial charge in [-0.05, 0) is 37.5 Å². The van der Waals surface area contributed by atoms with Crippen molar-refractivity contribution >= 4 is 5.91 Å². The normalized spacial score (nSPS) is 17.4. The lowest BCUT2D eigenvalue weighted by Crippen LogP contribution is -2.45. The molecule has 0 spiro atoms. The second kappa shape index (κ2) is 5.71. The smallest absolute Gasteiger partial charge is 0.254 e. The molecule has 20 heavy (non-hydrogen) atoms. The van der Waals surface area contributed by atoms with Gasteiger partial charge in [0, 0.05) is 18.2 Å².